The summed E-state index contributed by atoms with van der Waals surface area (Å²) in [5.41, 5.74) is 0.890. The average Bonchev–Trinajstić information content (AvgIpc) is 2.86. The molecule has 1 fully saturated rings. The van der Waals surface area contributed by atoms with Crippen LogP contribution in [0, 0.1) is 0 Å². The molecule has 0 amide bonds. The summed E-state index contributed by atoms with van der Waals surface area (Å²) in [6.07, 6.45) is 9.32. The average molecular weight is 250 g/mol. The Morgan fingerprint density at radius 3 is 2.94 bits per heavy atom. The van der Waals surface area contributed by atoms with E-state index in [-0.39, 0.29) is 5.78 Å². The van der Waals surface area contributed by atoms with Gasteiger partial charge in [0.15, 0.2) is 0 Å². The summed E-state index contributed by atoms with van der Waals surface area (Å²) >= 11 is 0. The van der Waals surface area contributed by atoms with Gasteiger partial charge in [-0.1, -0.05) is 19.3 Å². The summed E-state index contributed by atoms with van der Waals surface area (Å²) in [5, 5.41) is 4.54. The lowest BCUT2D eigenvalue weighted by atomic mass is 9.96. The molecule has 1 aromatic heterocycles. The van der Waals surface area contributed by atoms with Crippen LogP contribution in [0.25, 0.3) is 0 Å². The topological polar surface area (TPSA) is 44.1 Å². The number of nitrogens with zero attached hydrogens (tertiary/aromatic N) is 2. The van der Waals surface area contributed by atoms with Gasteiger partial charge >= 0.3 is 0 Å². The van der Waals surface area contributed by atoms with Crippen LogP contribution in [-0.4, -0.2) is 29.3 Å². The van der Waals surface area contributed by atoms with Crippen molar-refractivity contribution in [2.75, 3.05) is 13.7 Å². The zero-order valence-electron chi connectivity index (χ0n) is 11.1. The maximum atomic E-state index is 11.6. The Morgan fingerprint density at radius 1 is 1.44 bits per heavy atom. The fraction of sp³-hybridized carbons (Fsp3) is 0.714. The Bertz CT molecular complexity index is 381. The fourth-order valence-electron chi connectivity index (χ4n) is 2.53. The van der Waals surface area contributed by atoms with E-state index in [1.807, 2.05) is 12.3 Å². The first-order chi connectivity index (χ1) is 8.79. The highest BCUT2D eigenvalue weighted by molar-refractivity contribution is 5.80. The highest BCUT2D eigenvalue weighted by atomic mass is 16.5. The summed E-state index contributed by atoms with van der Waals surface area (Å²) in [7, 11) is 1.62. The van der Waals surface area contributed by atoms with E-state index in [2.05, 4.69) is 9.78 Å². The third-order valence-corrected chi connectivity index (χ3v) is 3.58. The molecule has 1 heterocycles. The van der Waals surface area contributed by atoms with E-state index in [4.69, 9.17) is 4.74 Å². The minimum atomic E-state index is 0.200. The molecule has 0 unspecified atom stereocenters. The third kappa shape index (κ3) is 3.67. The number of rotatable bonds is 6. The zero-order chi connectivity index (χ0) is 12.8. The number of hydrogen-bond acceptors (Lipinski definition) is 3. The second kappa shape index (κ2) is 6.69. The van der Waals surface area contributed by atoms with E-state index < -0.39 is 0 Å². The molecule has 1 aliphatic carbocycles. The first-order valence-corrected chi connectivity index (χ1v) is 6.84. The van der Waals surface area contributed by atoms with E-state index in [0.717, 1.165) is 5.69 Å². The van der Waals surface area contributed by atoms with Crippen LogP contribution < -0.4 is 0 Å². The molecule has 1 saturated carbocycles. The van der Waals surface area contributed by atoms with Crippen LogP contribution in [0.3, 0.4) is 0 Å². The van der Waals surface area contributed by atoms with Crippen molar-refractivity contribution in [1.82, 2.24) is 9.78 Å². The number of Topliss-reactive ketones (excluding diaryl/α,β-unsaturated/α-hetero) is 1. The molecule has 2 rings (SSSR count). The number of methoxy groups -OCH3 is 1. The van der Waals surface area contributed by atoms with Crippen molar-refractivity contribution in [3.8, 4) is 0 Å². The Hall–Kier alpha value is -1.16. The number of ether oxygens (including phenoxy) is 1. The quantitative estimate of drug-likeness (QED) is 0.779. The summed E-state index contributed by atoms with van der Waals surface area (Å²) in [6, 6.07) is 2.51. The van der Waals surface area contributed by atoms with Crippen molar-refractivity contribution >= 4 is 5.78 Å². The third-order valence-electron chi connectivity index (χ3n) is 3.58. The van der Waals surface area contributed by atoms with Crippen molar-refractivity contribution in [3.05, 3.63) is 18.0 Å². The second-order valence-corrected chi connectivity index (χ2v) is 5.04. The van der Waals surface area contributed by atoms with E-state index >= 15 is 0 Å². The molecule has 0 spiro atoms. The number of ketones is 1. The molecular formula is C14H22N2O2. The van der Waals surface area contributed by atoms with Gasteiger partial charge < -0.3 is 4.74 Å². The highest BCUT2D eigenvalue weighted by Gasteiger charge is 2.16. The SMILES string of the molecule is COCCC(=O)Cc1ccn(C2CCCCC2)n1. The monoisotopic (exact) mass is 250 g/mol. The summed E-state index contributed by atoms with van der Waals surface area (Å²) < 4.78 is 6.96. The molecule has 0 atom stereocenters. The largest absolute Gasteiger partial charge is 0.384 e. The van der Waals surface area contributed by atoms with E-state index in [1.54, 1.807) is 7.11 Å². The standard InChI is InChI=1S/C14H22N2O2/c1-18-10-8-14(17)11-12-7-9-16(15-12)13-5-3-2-4-6-13/h7,9,13H,2-6,8,10-11H2,1H3. The predicted octanol–water partition coefficient (Wildman–Crippen LogP) is 2.54. The van der Waals surface area contributed by atoms with E-state index in [9.17, 15) is 4.79 Å². The predicted molar refractivity (Wildman–Crippen MR) is 69.6 cm³/mol. The first-order valence-electron chi connectivity index (χ1n) is 6.84. The van der Waals surface area contributed by atoms with Crippen LogP contribution in [0.4, 0.5) is 0 Å². The molecule has 100 valence electrons. The Balaban J connectivity index is 1.87. The summed E-state index contributed by atoms with van der Waals surface area (Å²) in [4.78, 5) is 11.6. The maximum absolute atomic E-state index is 11.6. The molecule has 4 heteroatoms. The summed E-state index contributed by atoms with van der Waals surface area (Å²) in [5.74, 6) is 0.200. The minimum absolute atomic E-state index is 0.200. The van der Waals surface area contributed by atoms with Crippen LogP contribution in [0.5, 0.6) is 0 Å². The molecule has 0 bridgehead atoms. The van der Waals surface area contributed by atoms with Crippen LogP contribution in [-0.2, 0) is 16.0 Å². The van der Waals surface area contributed by atoms with Gasteiger partial charge in [-0.15, -0.1) is 0 Å². The van der Waals surface area contributed by atoms with Crippen LogP contribution in [0.1, 0.15) is 50.3 Å². The van der Waals surface area contributed by atoms with Gasteiger partial charge in [0.25, 0.3) is 0 Å². The number of hydrogen-bond donors (Lipinski definition) is 0. The van der Waals surface area contributed by atoms with Crippen molar-refractivity contribution in [3.63, 3.8) is 0 Å². The van der Waals surface area contributed by atoms with Gasteiger partial charge in [-0.05, 0) is 18.9 Å². The molecule has 0 saturated heterocycles. The first kappa shape index (κ1) is 13.3. The molecule has 0 aromatic carbocycles. The number of carbonyl (C=O) groups is 1. The second-order valence-electron chi connectivity index (χ2n) is 5.04. The molecule has 0 aliphatic heterocycles. The molecule has 1 aromatic rings. The van der Waals surface area contributed by atoms with Gasteiger partial charge in [-0.25, -0.2) is 0 Å². The Morgan fingerprint density at radius 2 is 2.22 bits per heavy atom. The molecule has 0 radical (unpaired) electrons. The van der Waals surface area contributed by atoms with Crippen molar-refractivity contribution in [2.45, 2.75) is 51.0 Å². The lowest BCUT2D eigenvalue weighted by molar-refractivity contribution is -0.119. The minimum Gasteiger partial charge on any atom is -0.384 e. The normalized spacial score (nSPS) is 16.9. The molecule has 18 heavy (non-hydrogen) atoms. The van der Waals surface area contributed by atoms with Gasteiger partial charge in [0.1, 0.15) is 5.78 Å². The van der Waals surface area contributed by atoms with E-state index in [0.29, 0.717) is 25.5 Å². The van der Waals surface area contributed by atoms with Crippen LogP contribution >= 0.6 is 0 Å². The Kier molecular flexibility index (Phi) is 4.93. The molecule has 1 aliphatic rings. The molecule has 4 nitrogen and oxygen atoms in total. The summed E-state index contributed by atoms with van der Waals surface area (Å²) in [6.45, 7) is 0.502. The number of aromatic nitrogens is 2. The molecule has 0 N–H and O–H groups in total. The maximum Gasteiger partial charge on any atom is 0.141 e. The van der Waals surface area contributed by atoms with Crippen molar-refractivity contribution < 1.29 is 9.53 Å². The van der Waals surface area contributed by atoms with E-state index in [1.165, 1.54) is 32.1 Å². The van der Waals surface area contributed by atoms with Gasteiger partial charge in [0, 0.05) is 19.7 Å². The lowest BCUT2D eigenvalue weighted by Gasteiger charge is -2.21. The van der Waals surface area contributed by atoms with Gasteiger partial charge in [-0.2, -0.15) is 5.10 Å². The number of carbonyl (C=O) groups excluding carboxylic acids is 1. The van der Waals surface area contributed by atoms with Crippen LogP contribution in [0.2, 0.25) is 0 Å². The molecular weight excluding hydrogens is 228 g/mol. The smallest absolute Gasteiger partial charge is 0.141 e. The highest BCUT2D eigenvalue weighted by Crippen LogP contribution is 2.27. The van der Waals surface area contributed by atoms with Crippen molar-refractivity contribution in [1.29, 1.82) is 0 Å². The van der Waals surface area contributed by atoms with Gasteiger partial charge in [0.2, 0.25) is 0 Å². The van der Waals surface area contributed by atoms with Crippen molar-refractivity contribution in [2.24, 2.45) is 0 Å². The van der Waals surface area contributed by atoms with Gasteiger partial charge in [0.05, 0.1) is 24.8 Å². The van der Waals surface area contributed by atoms with Crippen LogP contribution in [0.15, 0.2) is 12.3 Å². The fourth-order valence-corrected chi connectivity index (χ4v) is 2.53. The lowest BCUT2D eigenvalue weighted by Crippen LogP contribution is -2.14. The zero-order valence-corrected chi connectivity index (χ0v) is 11.1. The van der Waals surface area contributed by atoms with Gasteiger partial charge in [-0.3, -0.25) is 9.48 Å². The Labute approximate surface area is 108 Å².